The summed E-state index contributed by atoms with van der Waals surface area (Å²) in [6, 6.07) is 14.7. The summed E-state index contributed by atoms with van der Waals surface area (Å²) in [5.74, 6) is 0.757. The molecule has 2 aromatic carbocycles. The molecule has 0 heterocycles. The molecule has 0 bridgehead atoms. The van der Waals surface area contributed by atoms with Crippen molar-refractivity contribution in [2.45, 2.75) is 50.0 Å². The number of hydrogen-bond donors (Lipinski definition) is 2. The van der Waals surface area contributed by atoms with E-state index in [4.69, 9.17) is 11.6 Å². The van der Waals surface area contributed by atoms with Gasteiger partial charge in [-0.1, -0.05) is 61.2 Å². The van der Waals surface area contributed by atoms with Crippen molar-refractivity contribution < 1.29 is 9.59 Å². The standard InChI is InChI=1S/C24H29ClN2O2S/c1-17(19-11-5-7-13-21(19)25)27-24(29)20-12-6-8-14-22(20)30-16-23(28)26-15-18-9-3-2-4-10-18/h5-8,11-14,17-18H,2-4,9-10,15-16H2,1H3,(H,26,28)(H,27,29). The van der Waals surface area contributed by atoms with Crippen molar-refractivity contribution in [3.63, 3.8) is 0 Å². The van der Waals surface area contributed by atoms with Gasteiger partial charge in [0.2, 0.25) is 5.91 Å². The fourth-order valence-electron chi connectivity index (χ4n) is 3.80. The van der Waals surface area contributed by atoms with Crippen LogP contribution in [0, 0.1) is 5.92 Å². The van der Waals surface area contributed by atoms with Crippen LogP contribution in [0.3, 0.4) is 0 Å². The molecule has 2 N–H and O–H groups in total. The van der Waals surface area contributed by atoms with Gasteiger partial charge in [-0.2, -0.15) is 0 Å². The van der Waals surface area contributed by atoms with Gasteiger partial charge in [-0.05, 0) is 49.4 Å². The number of carbonyl (C=O) groups is 2. The third-order valence-corrected chi connectivity index (χ3v) is 6.94. The van der Waals surface area contributed by atoms with Gasteiger partial charge in [0, 0.05) is 16.5 Å². The molecule has 30 heavy (non-hydrogen) atoms. The van der Waals surface area contributed by atoms with Crippen LogP contribution in [0.1, 0.15) is 61.0 Å². The molecule has 160 valence electrons. The van der Waals surface area contributed by atoms with E-state index in [2.05, 4.69) is 10.6 Å². The van der Waals surface area contributed by atoms with Gasteiger partial charge in [-0.3, -0.25) is 9.59 Å². The molecule has 0 spiro atoms. The fraction of sp³-hybridized carbons (Fsp3) is 0.417. The van der Waals surface area contributed by atoms with Crippen molar-refractivity contribution in [1.82, 2.24) is 10.6 Å². The molecule has 3 rings (SSSR count). The van der Waals surface area contributed by atoms with Gasteiger partial charge in [0.1, 0.15) is 0 Å². The minimum Gasteiger partial charge on any atom is -0.355 e. The molecule has 1 fully saturated rings. The minimum atomic E-state index is -0.219. The summed E-state index contributed by atoms with van der Waals surface area (Å²) in [6.45, 7) is 2.67. The van der Waals surface area contributed by atoms with Crippen molar-refractivity contribution in [2.24, 2.45) is 5.92 Å². The molecule has 6 heteroatoms. The van der Waals surface area contributed by atoms with E-state index in [1.165, 1.54) is 43.9 Å². The predicted octanol–water partition coefficient (Wildman–Crippen LogP) is 5.62. The lowest BCUT2D eigenvalue weighted by Gasteiger charge is -2.21. The molecule has 1 atom stereocenters. The first-order valence-corrected chi connectivity index (χ1v) is 11.9. The second-order valence-corrected chi connectivity index (χ2v) is 9.23. The zero-order valence-electron chi connectivity index (χ0n) is 17.3. The van der Waals surface area contributed by atoms with Gasteiger partial charge >= 0.3 is 0 Å². The maximum Gasteiger partial charge on any atom is 0.252 e. The number of thioether (sulfide) groups is 1. The van der Waals surface area contributed by atoms with Crippen molar-refractivity contribution in [2.75, 3.05) is 12.3 Å². The first kappa shape index (κ1) is 22.7. The third kappa shape index (κ3) is 6.51. The number of benzene rings is 2. The highest BCUT2D eigenvalue weighted by atomic mass is 35.5. The lowest BCUT2D eigenvalue weighted by atomic mass is 9.89. The highest BCUT2D eigenvalue weighted by molar-refractivity contribution is 8.00. The normalized spacial score (nSPS) is 15.4. The third-order valence-electron chi connectivity index (χ3n) is 5.52. The SMILES string of the molecule is CC(NC(=O)c1ccccc1SCC(=O)NCC1CCCCC1)c1ccccc1Cl. The molecule has 2 amide bonds. The van der Waals surface area contributed by atoms with E-state index in [0.29, 0.717) is 22.3 Å². The Balaban J connectivity index is 1.55. The number of nitrogens with one attached hydrogen (secondary N) is 2. The summed E-state index contributed by atoms with van der Waals surface area (Å²) >= 11 is 7.65. The van der Waals surface area contributed by atoms with Crippen LogP contribution >= 0.6 is 23.4 Å². The summed E-state index contributed by atoms with van der Waals surface area (Å²) in [4.78, 5) is 26.0. The van der Waals surface area contributed by atoms with Gasteiger partial charge in [0.05, 0.1) is 17.4 Å². The first-order chi connectivity index (χ1) is 14.5. The molecule has 1 aliphatic carbocycles. The smallest absolute Gasteiger partial charge is 0.252 e. The van der Waals surface area contributed by atoms with Gasteiger partial charge in [-0.25, -0.2) is 0 Å². The summed E-state index contributed by atoms with van der Waals surface area (Å²) in [5.41, 5.74) is 1.45. The molecular weight excluding hydrogens is 416 g/mol. The van der Waals surface area contributed by atoms with E-state index in [1.807, 2.05) is 49.4 Å². The van der Waals surface area contributed by atoms with E-state index in [1.54, 1.807) is 6.07 Å². The zero-order chi connectivity index (χ0) is 21.3. The molecule has 0 saturated heterocycles. The summed E-state index contributed by atoms with van der Waals surface area (Å²) in [6.07, 6.45) is 6.27. The molecule has 0 radical (unpaired) electrons. The second-order valence-electron chi connectivity index (χ2n) is 7.81. The Bertz CT molecular complexity index is 868. The van der Waals surface area contributed by atoms with Crippen molar-refractivity contribution in [1.29, 1.82) is 0 Å². The first-order valence-electron chi connectivity index (χ1n) is 10.6. The molecule has 0 aliphatic heterocycles. The molecule has 4 nitrogen and oxygen atoms in total. The quantitative estimate of drug-likeness (QED) is 0.519. The maximum absolute atomic E-state index is 12.9. The van der Waals surface area contributed by atoms with Gasteiger partial charge < -0.3 is 10.6 Å². The van der Waals surface area contributed by atoms with Crippen molar-refractivity contribution >= 4 is 35.2 Å². The van der Waals surface area contributed by atoms with Crippen molar-refractivity contribution in [3.05, 3.63) is 64.7 Å². The Hall–Kier alpha value is -1.98. The van der Waals surface area contributed by atoms with Gasteiger partial charge in [0.15, 0.2) is 0 Å². The summed E-state index contributed by atoms with van der Waals surface area (Å²) in [7, 11) is 0. The Labute approximate surface area is 188 Å². The number of carbonyl (C=O) groups excluding carboxylic acids is 2. The molecule has 1 unspecified atom stereocenters. The lowest BCUT2D eigenvalue weighted by Crippen LogP contribution is -2.31. The Morgan fingerprint density at radius 2 is 1.77 bits per heavy atom. The maximum atomic E-state index is 12.9. The van der Waals surface area contributed by atoms with E-state index in [0.717, 1.165) is 17.0 Å². The molecule has 1 saturated carbocycles. The van der Waals surface area contributed by atoms with Crippen LogP contribution in [-0.4, -0.2) is 24.1 Å². The minimum absolute atomic E-state index is 0.0187. The van der Waals surface area contributed by atoms with Crippen LogP contribution in [0.2, 0.25) is 5.02 Å². The lowest BCUT2D eigenvalue weighted by molar-refractivity contribution is -0.118. The van der Waals surface area contributed by atoms with Crippen LogP contribution in [0.15, 0.2) is 53.4 Å². The highest BCUT2D eigenvalue weighted by Gasteiger charge is 2.18. The molecule has 0 aromatic heterocycles. The van der Waals surface area contributed by atoms with Crippen LogP contribution in [-0.2, 0) is 4.79 Å². The van der Waals surface area contributed by atoms with Gasteiger partial charge in [0.25, 0.3) is 5.91 Å². The summed E-state index contributed by atoms with van der Waals surface area (Å²) in [5, 5.41) is 6.70. The van der Waals surface area contributed by atoms with Crippen LogP contribution in [0.25, 0.3) is 0 Å². The van der Waals surface area contributed by atoms with Gasteiger partial charge in [-0.15, -0.1) is 11.8 Å². The van der Waals surface area contributed by atoms with Crippen LogP contribution in [0.4, 0.5) is 0 Å². The van der Waals surface area contributed by atoms with E-state index < -0.39 is 0 Å². The molecular formula is C24H29ClN2O2S. The predicted molar refractivity (Wildman–Crippen MR) is 124 cm³/mol. The largest absolute Gasteiger partial charge is 0.355 e. The Morgan fingerprint density at radius 1 is 1.07 bits per heavy atom. The highest BCUT2D eigenvalue weighted by Crippen LogP contribution is 2.26. The van der Waals surface area contributed by atoms with E-state index in [-0.39, 0.29) is 17.9 Å². The van der Waals surface area contributed by atoms with Crippen LogP contribution < -0.4 is 10.6 Å². The second kappa shape index (κ2) is 11.4. The average Bonchev–Trinajstić information content (AvgIpc) is 2.77. The number of halogens is 1. The van der Waals surface area contributed by atoms with Crippen molar-refractivity contribution in [3.8, 4) is 0 Å². The number of amides is 2. The number of hydrogen-bond acceptors (Lipinski definition) is 3. The molecule has 2 aromatic rings. The Morgan fingerprint density at radius 3 is 2.53 bits per heavy atom. The zero-order valence-corrected chi connectivity index (χ0v) is 18.9. The topological polar surface area (TPSA) is 58.2 Å². The van der Waals surface area contributed by atoms with E-state index >= 15 is 0 Å². The fourth-order valence-corrected chi connectivity index (χ4v) is 4.98. The van der Waals surface area contributed by atoms with Crippen LogP contribution in [0.5, 0.6) is 0 Å². The average molecular weight is 445 g/mol. The summed E-state index contributed by atoms with van der Waals surface area (Å²) < 4.78 is 0. The Kier molecular flexibility index (Phi) is 8.64. The number of rotatable bonds is 8. The molecule has 1 aliphatic rings. The van der Waals surface area contributed by atoms with E-state index in [9.17, 15) is 9.59 Å². The monoisotopic (exact) mass is 444 g/mol.